The van der Waals surface area contributed by atoms with E-state index in [1.807, 2.05) is 0 Å². The SMILES string of the molecule is CC(C)CCCC(C)NC(N)=NCC1CCCO1.I. The number of nitrogens with two attached hydrogens (primary N) is 1. The van der Waals surface area contributed by atoms with Gasteiger partial charge in [0, 0.05) is 12.6 Å². The van der Waals surface area contributed by atoms with E-state index in [1.165, 1.54) is 12.8 Å². The molecule has 1 heterocycles. The Bertz CT molecular complexity index is 253. The first kappa shape index (κ1) is 19.0. The summed E-state index contributed by atoms with van der Waals surface area (Å²) in [5.74, 6) is 1.34. The Hall–Kier alpha value is -0.0400. The molecule has 1 saturated heterocycles. The molecule has 4 nitrogen and oxygen atoms in total. The number of hydrogen-bond donors (Lipinski definition) is 2. The summed E-state index contributed by atoms with van der Waals surface area (Å²) >= 11 is 0. The van der Waals surface area contributed by atoms with Crippen LogP contribution in [-0.2, 0) is 4.74 Å². The van der Waals surface area contributed by atoms with Crippen molar-refractivity contribution in [2.75, 3.05) is 13.2 Å². The van der Waals surface area contributed by atoms with Gasteiger partial charge in [-0.25, -0.2) is 0 Å². The van der Waals surface area contributed by atoms with Crippen LogP contribution in [0.5, 0.6) is 0 Å². The van der Waals surface area contributed by atoms with Crippen molar-refractivity contribution >= 4 is 29.9 Å². The summed E-state index contributed by atoms with van der Waals surface area (Å²) in [5, 5.41) is 3.25. The van der Waals surface area contributed by atoms with Gasteiger partial charge in [-0.3, -0.25) is 4.99 Å². The lowest BCUT2D eigenvalue weighted by Gasteiger charge is -2.15. The van der Waals surface area contributed by atoms with Gasteiger partial charge < -0.3 is 15.8 Å². The molecule has 3 N–H and O–H groups in total. The first-order valence-electron chi connectivity index (χ1n) is 7.26. The molecule has 0 saturated carbocycles. The zero-order chi connectivity index (χ0) is 13.4. The first-order chi connectivity index (χ1) is 8.58. The summed E-state index contributed by atoms with van der Waals surface area (Å²) in [6.07, 6.45) is 6.21. The molecule has 5 heteroatoms. The van der Waals surface area contributed by atoms with E-state index in [4.69, 9.17) is 10.5 Å². The normalized spacial score (nSPS) is 21.3. The fraction of sp³-hybridized carbons (Fsp3) is 0.929. The molecule has 2 atom stereocenters. The topological polar surface area (TPSA) is 59.6 Å². The number of hydrogen-bond acceptors (Lipinski definition) is 2. The van der Waals surface area contributed by atoms with Crippen LogP contribution in [0, 0.1) is 5.92 Å². The second-order valence-electron chi connectivity index (χ2n) is 5.73. The Morgan fingerprint density at radius 1 is 1.37 bits per heavy atom. The van der Waals surface area contributed by atoms with Gasteiger partial charge in [0.25, 0.3) is 0 Å². The molecule has 114 valence electrons. The Balaban J connectivity index is 0.00000324. The van der Waals surface area contributed by atoms with Gasteiger partial charge in [-0.1, -0.05) is 26.7 Å². The van der Waals surface area contributed by atoms with Crippen molar-refractivity contribution in [1.82, 2.24) is 5.32 Å². The maximum Gasteiger partial charge on any atom is 0.188 e. The van der Waals surface area contributed by atoms with Crippen molar-refractivity contribution in [3.8, 4) is 0 Å². The van der Waals surface area contributed by atoms with Gasteiger partial charge in [0.15, 0.2) is 5.96 Å². The number of halogens is 1. The molecule has 0 aromatic carbocycles. The lowest BCUT2D eigenvalue weighted by molar-refractivity contribution is 0.117. The van der Waals surface area contributed by atoms with E-state index < -0.39 is 0 Å². The maximum absolute atomic E-state index is 5.87. The fourth-order valence-corrected chi connectivity index (χ4v) is 2.19. The number of aliphatic imine (C=N–C) groups is 1. The Morgan fingerprint density at radius 3 is 2.68 bits per heavy atom. The Labute approximate surface area is 135 Å². The largest absolute Gasteiger partial charge is 0.376 e. The third-order valence-electron chi connectivity index (χ3n) is 3.30. The zero-order valence-electron chi connectivity index (χ0n) is 12.5. The van der Waals surface area contributed by atoms with Crippen molar-refractivity contribution in [1.29, 1.82) is 0 Å². The molecular formula is C14H30IN3O. The molecule has 0 amide bonds. The number of guanidine groups is 1. The average Bonchev–Trinajstić information content (AvgIpc) is 2.78. The van der Waals surface area contributed by atoms with Crippen LogP contribution in [0.2, 0.25) is 0 Å². The van der Waals surface area contributed by atoms with E-state index in [-0.39, 0.29) is 30.1 Å². The van der Waals surface area contributed by atoms with Crippen LogP contribution in [0.1, 0.15) is 52.9 Å². The molecule has 1 fully saturated rings. The molecule has 0 aromatic heterocycles. The number of nitrogens with one attached hydrogen (secondary N) is 1. The standard InChI is InChI=1S/C14H29N3O.HI/c1-11(2)6-4-7-12(3)17-14(15)16-10-13-8-5-9-18-13;/h11-13H,4-10H2,1-3H3,(H3,15,16,17);1H. The molecule has 1 aliphatic heterocycles. The third kappa shape index (κ3) is 9.49. The highest BCUT2D eigenvalue weighted by molar-refractivity contribution is 14.0. The molecule has 0 aromatic rings. The lowest BCUT2D eigenvalue weighted by Crippen LogP contribution is -2.39. The smallest absolute Gasteiger partial charge is 0.188 e. The fourth-order valence-electron chi connectivity index (χ4n) is 2.19. The predicted molar refractivity (Wildman–Crippen MR) is 92.2 cm³/mol. The first-order valence-corrected chi connectivity index (χ1v) is 7.26. The molecular weight excluding hydrogens is 353 g/mol. The number of rotatable bonds is 7. The van der Waals surface area contributed by atoms with Crippen LogP contribution < -0.4 is 11.1 Å². The second kappa shape index (κ2) is 10.7. The van der Waals surface area contributed by atoms with E-state index in [9.17, 15) is 0 Å². The lowest BCUT2D eigenvalue weighted by atomic mass is 10.0. The van der Waals surface area contributed by atoms with Crippen molar-refractivity contribution in [3.63, 3.8) is 0 Å². The minimum Gasteiger partial charge on any atom is -0.376 e. The van der Waals surface area contributed by atoms with Crippen LogP contribution >= 0.6 is 24.0 Å². The van der Waals surface area contributed by atoms with Crippen molar-refractivity contribution < 1.29 is 4.74 Å². The molecule has 1 aliphatic rings. The van der Waals surface area contributed by atoms with Crippen LogP contribution in [0.15, 0.2) is 4.99 Å². The number of nitrogens with zero attached hydrogens (tertiary/aromatic N) is 1. The van der Waals surface area contributed by atoms with E-state index in [0.29, 0.717) is 18.5 Å². The molecule has 0 spiro atoms. The van der Waals surface area contributed by atoms with Crippen LogP contribution in [0.25, 0.3) is 0 Å². The quantitative estimate of drug-likeness (QED) is 0.404. The van der Waals surface area contributed by atoms with Gasteiger partial charge in [-0.05, 0) is 32.1 Å². The highest BCUT2D eigenvalue weighted by Crippen LogP contribution is 2.11. The minimum absolute atomic E-state index is 0. The summed E-state index contributed by atoms with van der Waals surface area (Å²) in [4.78, 5) is 4.35. The Kier molecular flexibility index (Phi) is 10.7. The molecule has 0 bridgehead atoms. The highest BCUT2D eigenvalue weighted by atomic mass is 127. The second-order valence-corrected chi connectivity index (χ2v) is 5.73. The zero-order valence-corrected chi connectivity index (χ0v) is 14.9. The summed E-state index contributed by atoms with van der Waals surface area (Å²) < 4.78 is 5.51. The Morgan fingerprint density at radius 2 is 2.11 bits per heavy atom. The van der Waals surface area contributed by atoms with Gasteiger partial charge >= 0.3 is 0 Å². The van der Waals surface area contributed by atoms with Crippen LogP contribution in [0.3, 0.4) is 0 Å². The number of ether oxygens (including phenoxy) is 1. The summed E-state index contributed by atoms with van der Waals surface area (Å²) in [7, 11) is 0. The van der Waals surface area contributed by atoms with Gasteiger partial charge in [0.1, 0.15) is 0 Å². The van der Waals surface area contributed by atoms with E-state index in [2.05, 4.69) is 31.1 Å². The van der Waals surface area contributed by atoms with Crippen LogP contribution in [0.4, 0.5) is 0 Å². The maximum atomic E-state index is 5.87. The predicted octanol–water partition coefficient (Wildman–Crippen LogP) is 2.90. The van der Waals surface area contributed by atoms with Gasteiger partial charge in [0.2, 0.25) is 0 Å². The van der Waals surface area contributed by atoms with E-state index in [0.717, 1.165) is 31.8 Å². The third-order valence-corrected chi connectivity index (χ3v) is 3.30. The molecule has 2 unspecified atom stereocenters. The van der Waals surface area contributed by atoms with Crippen molar-refractivity contribution in [2.24, 2.45) is 16.6 Å². The summed E-state index contributed by atoms with van der Waals surface area (Å²) in [5.41, 5.74) is 5.87. The average molecular weight is 383 g/mol. The van der Waals surface area contributed by atoms with E-state index >= 15 is 0 Å². The minimum atomic E-state index is 0. The van der Waals surface area contributed by atoms with Crippen molar-refractivity contribution in [2.45, 2.75) is 65.0 Å². The summed E-state index contributed by atoms with van der Waals surface area (Å²) in [6, 6.07) is 0.400. The van der Waals surface area contributed by atoms with Crippen LogP contribution in [-0.4, -0.2) is 31.3 Å². The van der Waals surface area contributed by atoms with Gasteiger partial charge in [-0.2, -0.15) is 0 Å². The summed E-state index contributed by atoms with van der Waals surface area (Å²) in [6.45, 7) is 8.25. The van der Waals surface area contributed by atoms with E-state index in [1.54, 1.807) is 0 Å². The van der Waals surface area contributed by atoms with Gasteiger partial charge in [-0.15, -0.1) is 24.0 Å². The van der Waals surface area contributed by atoms with Gasteiger partial charge in [0.05, 0.1) is 12.6 Å². The van der Waals surface area contributed by atoms with Crippen molar-refractivity contribution in [3.05, 3.63) is 0 Å². The molecule has 0 aliphatic carbocycles. The monoisotopic (exact) mass is 383 g/mol. The molecule has 0 radical (unpaired) electrons. The molecule has 1 rings (SSSR count). The highest BCUT2D eigenvalue weighted by Gasteiger charge is 2.14. The molecule has 19 heavy (non-hydrogen) atoms.